The molecule has 0 aromatic rings. The molecule has 1 aliphatic rings. The molecule has 2 amide bonds. The summed E-state index contributed by atoms with van der Waals surface area (Å²) in [6.07, 6.45) is 3.94. The van der Waals surface area contributed by atoms with E-state index < -0.39 is 9.84 Å². The van der Waals surface area contributed by atoms with E-state index in [1.807, 2.05) is 0 Å². The van der Waals surface area contributed by atoms with Gasteiger partial charge in [0.05, 0.1) is 17.9 Å². The first kappa shape index (κ1) is 17.2. The summed E-state index contributed by atoms with van der Waals surface area (Å²) in [7, 11) is -3.05. The molecule has 7 heteroatoms. The second kappa shape index (κ2) is 7.83. The molecular formula is C13H26N2O4S. The SMILES string of the molecule is CC(C)CC1OCCCC1NC(=O)NCCS(C)(=O)=O. The predicted octanol–water partition coefficient (Wildman–Crippen LogP) is 0.924. The molecule has 1 fully saturated rings. The Bertz CT molecular complexity index is 409. The average Bonchev–Trinajstić information content (AvgIpc) is 2.29. The average molecular weight is 306 g/mol. The van der Waals surface area contributed by atoms with E-state index in [0.29, 0.717) is 5.92 Å². The van der Waals surface area contributed by atoms with Gasteiger partial charge in [0.15, 0.2) is 0 Å². The molecule has 2 unspecified atom stereocenters. The molecule has 0 saturated carbocycles. The van der Waals surface area contributed by atoms with E-state index in [1.54, 1.807) is 0 Å². The van der Waals surface area contributed by atoms with E-state index in [0.717, 1.165) is 32.1 Å². The van der Waals surface area contributed by atoms with Crippen LogP contribution in [0.1, 0.15) is 33.1 Å². The van der Waals surface area contributed by atoms with Crippen molar-refractivity contribution in [2.24, 2.45) is 5.92 Å². The minimum absolute atomic E-state index is 0.00406. The van der Waals surface area contributed by atoms with Crippen LogP contribution in [0.25, 0.3) is 0 Å². The number of rotatable bonds is 6. The molecule has 2 atom stereocenters. The Kier molecular flexibility index (Phi) is 6.75. The van der Waals surface area contributed by atoms with Gasteiger partial charge in [0, 0.05) is 19.4 Å². The number of hydrogen-bond acceptors (Lipinski definition) is 4. The van der Waals surface area contributed by atoms with Crippen LogP contribution in [-0.4, -0.2) is 51.8 Å². The molecule has 1 heterocycles. The Morgan fingerprint density at radius 2 is 2.10 bits per heavy atom. The molecule has 0 aromatic heterocycles. The number of carbonyl (C=O) groups excluding carboxylic acids is 1. The molecule has 0 bridgehead atoms. The molecule has 0 radical (unpaired) electrons. The summed E-state index contributed by atoms with van der Waals surface area (Å²) in [6, 6.07) is -0.317. The lowest BCUT2D eigenvalue weighted by Crippen LogP contribution is -2.51. The third-order valence-corrected chi connectivity index (χ3v) is 4.16. The molecule has 0 aromatic carbocycles. The van der Waals surface area contributed by atoms with Crippen molar-refractivity contribution >= 4 is 15.9 Å². The summed E-state index contributed by atoms with van der Waals surface area (Å²) in [5, 5.41) is 5.47. The van der Waals surface area contributed by atoms with Crippen LogP contribution < -0.4 is 10.6 Å². The van der Waals surface area contributed by atoms with Gasteiger partial charge in [-0.05, 0) is 25.2 Å². The van der Waals surface area contributed by atoms with Crippen molar-refractivity contribution < 1.29 is 17.9 Å². The Balaban J connectivity index is 2.38. The van der Waals surface area contributed by atoms with Crippen molar-refractivity contribution in [3.8, 4) is 0 Å². The summed E-state index contributed by atoms with van der Waals surface area (Å²) in [5.74, 6) is 0.465. The predicted molar refractivity (Wildman–Crippen MR) is 78.5 cm³/mol. The van der Waals surface area contributed by atoms with Crippen molar-refractivity contribution in [3.63, 3.8) is 0 Å². The van der Waals surface area contributed by atoms with E-state index in [2.05, 4.69) is 24.5 Å². The third kappa shape index (κ3) is 7.09. The van der Waals surface area contributed by atoms with Gasteiger partial charge >= 0.3 is 6.03 Å². The molecule has 6 nitrogen and oxygen atoms in total. The first-order valence-electron chi connectivity index (χ1n) is 7.11. The molecule has 1 aliphatic heterocycles. The number of amides is 2. The summed E-state index contributed by atoms with van der Waals surface area (Å²) in [4.78, 5) is 11.8. The maximum absolute atomic E-state index is 11.8. The topological polar surface area (TPSA) is 84.5 Å². The Morgan fingerprint density at radius 3 is 2.70 bits per heavy atom. The maximum atomic E-state index is 11.8. The Morgan fingerprint density at radius 1 is 1.40 bits per heavy atom. The molecule has 2 N–H and O–H groups in total. The van der Waals surface area contributed by atoms with E-state index >= 15 is 0 Å². The lowest BCUT2D eigenvalue weighted by molar-refractivity contribution is -0.0169. The molecular weight excluding hydrogens is 280 g/mol. The fourth-order valence-corrected chi connectivity index (χ4v) is 2.74. The Labute approximate surface area is 121 Å². The van der Waals surface area contributed by atoms with Gasteiger partial charge in [-0.1, -0.05) is 13.8 Å². The molecule has 0 aliphatic carbocycles. The summed E-state index contributed by atoms with van der Waals surface area (Å²) >= 11 is 0. The minimum atomic E-state index is -3.05. The highest BCUT2D eigenvalue weighted by molar-refractivity contribution is 7.90. The third-order valence-electron chi connectivity index (χ3n) is 3.22. The van der Waals surface area contributed by atoms with Gasteiger partial charge in [0.25, 0.3) is 0 Å². The fraction of sp³-hybridized carbons (Fsp3) is 0.923. The van der Waals surface area contributed by atoms with Crippen LogP contribution in [0.15, 0.2) is 0 Å². The number of hydrogen-bond donors (Lipinski definition) is 2. The molecule has 118 valence electrons. The van der Waals surface area contributed by atoms with Crippen molar-refractivity contribution in [1.82, 2.24) is 10.6 Å². The second-order valence-electron chi connectivity index (χ2n) is 5.82. The fourth-order valence-electron chi connectivity index (χ4n) is 2.27. The first-order chi connectivity index (χ1) is 9.28. The number of ether oxygens (including phenoxy) is 1. The highest BCUT2D eigenvalue weighted by Gasteiger charge is 2.27. The van der Waals surface area contributed by atoms with Crippen molar-refractivity contribution in [3.05, 3.63) is 0 Å². The largest absolute Gasteiger partial charge is 0.376 e. The first-order valence-corrected chi connectivity index (χ1v) is 9.17. The molecule has 20 heavy (non-hydrogen) atoms. The summed E-state index contributed by atoms with van der Waals surface area (Å²) in [6.45, 7) is 5.13. The lowest BCUT2D eigenvalue weighted by Gasteiger charge is -2.33. The van der Waals surface area contributed by atoms with Gasteiger partial charge in [-0.25, -0.2) is 13.2 Å². The van der Waals surface area contributed by atoms with E-state index in [9.17, 15) is 13.2 Å². The van der Waals surface area contributed by atoms with Gasteiger partial charge in [-0.3, -0.25) is 0 Å². The van der Waals surface area contributed by atoms with Gasteiger partial charge < -0.3 is 15.4 Å². The molecule has 1 saturated heterocycles. The summed E-state index contributed by atoms with van der Waals surface area (Å²) < 4.78 is 27.7. The van der Waals surface area contributed by atoms with Crippen molar-refractivity contribution in [2.45, 2.75) is 45.3 Å². The molecule has 0 spiro atoms. The summed E-state index contributed by atoms with van der Waals surface area (Å²) in [5.41, 5.74) is 0. The van der Waals surface area contributed by atoms with Crippen LogP contribution in [0.2, 0.25) is 0 Å². The molecule has 1 rings (SSSR count). The highest BCUT2D eigenvalue weighted by Crippen LogP contribution is 2.20. The van der Waals surface area contributed by atoms with E-state index in [1.165, 1.54) is 0 Å². The second-order valence-corrected chi connectivity index (χ2v) is 8.08. The van der Waals surface area contributed by atoms with Gasteiger partial charge in [0.1, 0.15) is 9.84 Å². The van der Waals surface area contributed by atoms with E-state index in [-0.39, 0.29) is 30.5 Å². The standard InChI is InChI=1S/C13H26N2O4S/c1-10(2)9-12-11(5-4-7-19-12)15-13(16)14-6-8-20(3,17)18/h10-12H,4-9H2,1-3H3,(H2,14,15,16). The van der Waals surface area contributed by atoms with Gasteiger partial charge in [0.2, 0.25) is 0 Å². The van der Waals surface area contributed by atoms with Crippen LogP contribution in [0.3, 0.4) is 0 Å². The van der Waals surface area contributed by atoms with Gasteiger partial charge in [-0.2, -0.15) is 0 Å². The number of carbonyl (C=O) groups is 1. The van der Waals surface area contributed by atoms with Crippen molar-refractivity contribution in [2.75, 3.05) is 25.2 Å². The van der Waals surface area contributed by atoms with Crippen molar-refractivity contribution in [1.29, 1.82) is 0 Å². The number of nitrogens with one attached hydrogen (secondary N) is 2. The Hall–Kier alpha value is -0.820. The van der Waals surface area contributed by atoms with Crippen LogP contribution in [0, 0.1) is 5.92 Å². The van der Waals surface area contributed by atoms with E-state index in [4.69, 9.17) is 4.74 Å². The lowest BCUT2D eigenvalue weighted by atomic mass is 9.95. The normalized spacial score (nSPS) is 23.6. The number of sulfone groups is 1. The van der Waals surface area contributed by atoms with Crippen LogP contribution in [0.5, 0.6) is 0 Å². The quantitative estimate of drug-likeness (QED) is 0.764. The monoisotopic (exact) mass is 306 g/mol. The number of urea groups is 1. The maximum Gasteiger partial charge on any atom is 0.315 e. The smallest absolute Gasteiger partial charge is 0.315 e. The zero-order valence-corrected chi connectivity index (χ0v) is 13.3. The van der Waals surface area contributed by atoms with Gasteiger partial charge in [-0.15, -0.1) is 0 Å². The highest BCUT2D eigenvalue weighted by atomic mass is 32.2. The van der Waals surface area contributed by atoms with Crippen LogP contribution in [0.4, 0.5) is 4.79 Å². The zero-order chi connectivity index (χ0) is 15.2. The minimum Gasteiger partial charge on any atom is -0.376 e. The zero-order valence-electron chi connectivity index (χ0n) is 12.5. The van der Waals surface area contributed by atoms with Crippen LogP contribution >= 0.6 is 0 Å². The van der Waals surface area contributed by atoms with Crippen LogP contribution in [-0.2, 0) is 14.6 Å².